The second-order valence-electron chi connectivity index (χ2n) is 3.44. The highest BCUT2D eigenvalue weighted by Gasteiger charge is 2.56. The van der Waals surface area contributed by atoms with E-state index in [2.05, 4.69) is 15.9 Å². The van der Waals surface area contributed by atoms with Crippen LogP contribution >= 0.6 is 15.9 Å². The number of halogens is 5. The summed E-state index contributed by atoms with van der Waals surface area (Å²) in [5.74, 6) is -2.72. The molecule has 0 aromatic heterocycles. The highest BCUT2D eigenvalue weighted by atomic mass is 79.9. The van der Waals surface area contributed by atoms with Gasteiger partial charge in [0.25, 0.3) is 0 Å². The predicted molar refractivity (Wildman–Crippen MR) is 41.0 cm³/mol. The zero-order valence-corrected chi connectivity index (χ0v) is 7.88. The summed E-state index contributed by atoms with van der Waals surface area (Å²) in [6, 6.07) is 0. The summed E-state index contributed by atoms with van der Waals surface area (Å²) in [6.07, 6.45) is -3.72. The minimum absolute atomic E-state index is 0.236. The fourth-order valence-electron chi connectivity index (χ4n) is 1.67. The second kappa shape index (κ2) is 3.16. The van der Waals surface area contributed by atoms with E-state index in [1.54, 1.807) is 0 Å². The van der Waals surface area contributed by atoms with Gasteiger partial charge in [-0.15, -0.1) is 0 Å². The molecule has 0 radical (unpaired) electrons. The van der Waals surface area contributed by atoms with Crippen molar-refractivity contribution < 1.29 is 17.6 Å². The Hall–Kier alpha value is 0.200. The summed E-state index contributed by atoms with van der Waals surface area (Å²) < 4.78 is 48.7. The lowest BCUT2D eigenvalue weighted by Gasteiger charge is -2.46. The van der Waals surface area contributed by atoms with Gasteiger partial charge in [-0.05, 0) is 5.41 Å². The van der Waals surface area contributed by atoms with Gasteiger partial charge in [0.1, 0.15) is 0 Å². The van der Waals surface area contributed by atoms with Crippen LogP contribution in [-0.2, 0) is 0 Å². The van der Waals surface area contributed by atoms with Crippen LogP contribution in [0, 0.1) is 5.41 Å². The maximum atomic E-state index is 12.4. The summed E-state index contributed by atoms with van der Waals surface area (Å²) >= 11 is 3.00. The molecule has 1 aliphatic rings. The standard InChI is InChI=1S/C7H9BrF4/c8-4-6(1-5(9)10)2-7(11,12)3-6/h5H,1-4H2. The van der Waals surface area contributed by atoms with Gasteiger partial charge in [-0.1, -0.05) is 15.9 Å². The van der Waals surface area contributed by atoms with E-state index in [1.165, 1.54) is 0 Å². The summed E-state index contributed by atoms with van der Waals surface area (Å²) in [5, 5.41) is 0.236. The Bertz CT molecular complexity index is 155. The molecule has 0 N–H and O–H groups in total. The Morgan fingerprint density at radius 1 is 1.25 bits per heavy atom. The van der Waals surface area contributed by atoms with E-state index in [9.17, 15) is 17.6 Å². The molecular weight excluding hydrogens is 240 g/mol. The van der Waals surface area contributed by atoms with Gasteiger partial charge in [0.15, 0.2) is 0 Å². The SMILES string of the molecule is FC(F)CC1(CBr)CC(F)(F)C1. The second-order valence-corrected chi connectivity index (χ2v) is 4.00. The van der Waals surface area contributed by atoms with E-state index in [0.29, 0.717) is 0 Å². The maximum absolute atomic E-state index is 12.4. The molecule has 1 aliphatic carbocycles. The van der Waals surface area contributed by atoms with E-state index in [1.807, 2.05) is 0 Å². The third kappa shape index (κ3) is 2.12. The van der Waals surface area contributed by atoms with Gasteiger partial charge in [0.2, 0.25) is 12.3 Å². The molecule has 12 heavy (non-hydrogen) atoms. The Kier molecular flexibility index (Phi) is 2.71. The zero-order chi connectivity index (χ0) is 9.41. The highest BCUT2D eigenvalue weighted by Crippen LogP contribution is 2.55. The van der Waals surface area contributed by atoms with Gasteiger partial charge in [0.05, 0.1) is 0 Å². The number of rotatable bonds is 3. The molecule has 1 saturated carbocycles. The van der Waals surface area contributed by atoms with E-state index < -0.39 is 37.0 Å². The third-order valence-electron chi connectivity index (χ3n) is 2.14. The molecule has 0 bridgehead atoms. The van der Waals surface area contributed by atoms with E-state index in [0.717, 1.165) is 0 Å². The van der Waals surface area contributed by atoms with Gasteiger partial charge < -0.3 is 0 Å². The van der Waals surface area contributed by atoms with Gasteiger partial charge in [-0.2, -0.15) is 0 Å². The molecule has 0 atom stereocenters. The van der Waals surface area contributed by atoms with Crippen LogP contribution in [0.15, 0.2) is 0 Å². The third-order valence-corrected chi connectivity index (χ3v) is 3.33. The predicted octanol–water partition coefficient (Wildman–Crippen LogP) is 3.45. The first-order chi connectivity index (χ1) is 5.39. The lowest BCUT2D eigenvalue weighted by atomic mass is 9.65. The molecule has 72 valence electrons. The zero-order valence-electron chi connectivity index (χ0n) is 6.30. The Balaban J connectivity index is 2.47. The van der Waals surface area contributed by atoms with Crippen LogP contribution in [0.2, 0.25) is 0 Å². The van der Waals surface area contributed by atoms with Crippen molar-refractivity contribution in [3.05, 3.63) is 0 Å². The average Bonchev–Trinajstić information content (AvgIpc) is 1.81. The normalized spacial score (nSPS) is 25.5. The fraction of sp³-hybridized carbons (Fsp3) is 1.00. The van der Waals surface area contributed by atoms with Gasteiger partial charge >= 0.3 is 0 Å². The fourth-order valence-corrected chi connectivity index (χ4v) is 2.29. The van der Waals surface area contributed by atoms with E-state index in [-0.39, 0.29) is 5.33 Å². The number of hydrogen-bond acceptors (Lipinski definition) is 0. The van der Waals surface area contributed by atoms with Crippen molar-refractivity contribution in [1.82, 2.24) is 0 Å². The minimum atomic E-state index is -2.72. The molecule has 1 rings (SSSR count). The van der Waals surface area contributed by atoms with Gasteiger partial charge in [-0.25, -0.2) is 17.6 Å². The van der Waals surface area contributed by atoms with Gasteiger partial charge in [-0.3, -0.25) is 0 Å². The molecule has 0 aromatic carbocycles. The first-order valence-corrected chi connectivity index (χ1v) is 4.73. The summed E-state index contributed by atoms with van der Waals surface area (Å²) in [5.41, 5.74) is -0.863. The van der Waals surface area contributed by atoms with Crippen LogP contribution in [0.5, 0.6) is 0 Å². The van der Waals surface area contributed by atoms with Crippen molar-refractivity contribution in [2.24, 2.45) is 5.41 Å². The molecule has 0 heterocycles. The molecule has 0 amide bonds. The van der Waals surface area contributed by atoms with Crippen LogP contribution in [0.25, 0.3) is 0 Å². The van der Waals surface area contributed by atoms with Crippen LogP contribution in [-0.4, -0.2) is 17.7 Å². The molecule has 0 nitrogen and oxygen atoms in total. The first kappa shape index (κ1) is 10.3. The summed E-state index contributed by atoms with van der Waals surface area (Å²) in [6.45, 7) is 0. The molecule has 0 saturated heterocycles. The lowest BCUT2D eigenvalue weighted by molar-refractivity contribution is -0.164. The molecule has 0 aromatic rings. The maximum Gasteiger partial charge on any atom is 0.249 e. The number of alkyl halides is 5. The highest BCUT2D eigenvalue weighted by molar-refractivity contribution is 9.09. The van der Waals surface area contributed by atoms with Crippen LogP contribution in [0.4, 0.5) is 17.6 Å². The van der Waals surface area contributed by atoms with Crippen LogP contribution in [0.1, 0.15) is 19.3 Å². The van der Waals surface area contributed by atoms with Crippen molar-refractivity contribution in [1.29, 1.82) is 0 Å². The summed E-state index contributed by atoms with van der Waals surface area (Å²) in [7, 11) is 0. The molecule has 1 fully saturated rings. The molecule has 0 aliphatic heterocycles. The Morgan fingerprint density at radius 3 is 2.00 bits per heavy atom. The molecular formula is C7H9BrF4. The van der Waals surface area contributed by atoms with Crippen molar-refractivity contribution in [2.45, 2.75) is 31.6 Å². The van der Waals surface area contributed by atoms with Crippen molar-refractivity contribution >= 4 is 15.9 Å². The molecule has 0 unspecified atom stereocenters. The molecule has 0 spiro atoms. The van der Waals surface area contributed by atoms with Crippen molar-refractivity contribution in [2.75, 3.05) is 5.33 Å². The van der Waals surface area contributed by atoms with E-state index >= 15 is 0 Å². The van der Waals surface area contributed by atoms with Crippen molar-refractivity contribution in [3.8, 4) is 0 Å². The molecule has 5 heteroatoms. The smallest absolute Gasteiger partial charge is 0.211 e. The van der Waals surface area contributed by atoms with Crippen molar-refractivity contribution in [3.63, 3.8) is 0 Å². The Labute approximate surface area is 76.5 Å². The monoisotopic (exact) mass is 248 g/mol. The van der Waals surface area contributed by atoms with E-state index in [4.69, 9.17) is 0 Å². The topological polar surface area (TPSA) is 0 Å². The number of hydrogen-bond donors (Lipinski definition) is 0. The van der Waals surface area contributed by atoms with Crippen LogP contribution < -0.4 is 0 Å². The quantitative estimate of drug-likeness (QED) is 0.530. The first-order valence-electron chi connectivity index (χ1n) is 3.61. The average molecular weight is 249 g/mol. The van der Waals surface area contributed by atoms with Crippen LogP contribution in [0.3, 0.4) is 0 Å². The Morgan fingerprint density at radius 2 is 1.75 bits per heavy atom. The summed E-state index contributed by atoms with van der Waals surface area (Å²) in [4.78, 5) is 0. The lowest BCUT2D eigenvalue weighted by Crippen LogP contribution is -2.48. The largest absolute Gasteiger partial charge is 0.249 e. The minimum Gasteiger partial charge on any atom is -0.211 e. The van der Waals surface area contributed by atoms with Gasteiger partial charge in [0, 0.05) is 24.6 Å².